The Kier molecular flexibility index (Phi) is 6.45. The quantitative estimate of drug-likeness (QED) is 0.724. The lowest BCUT2D eigenvalue weighted by atomic mass is 9.93. The van der Waals surface area contributed by atoms with E-state index in [-0.39, 0.29) is 24.8 Å². The van der Waals surface area contributed by atoms with Gasteiger partial charge < -0.3 is 19.9 Å². The van der Waals surface area contributed by atoms with Crippen molar-refractivity contribution in [1.82, 2.24) is 20.2 Å². The fourth-order valence-electron chi connectivity index (χ4n) is 3.59. The molecule has 7 heteroatoms. The molecule has 0 spiro atoms. The van der Waals surface area contributed by atoms with Crippen LogP contribution in [0.1, 0.15) is 41.9 Å². The third-order valence-electron chi connectivity index (χ3n) is 5.31. The van der Waals surface area contributed by atoms with Gasteiger partial charge in [0.2, 0.25) is 0 Å². The number of hydrogen-bond acceptors (Lipinski definition) is 5. The van der Waals surface area contributed by atoms with Gasteiger partial charge in [0.05, 0.1) is 24.6 Å². The number of rotatable bonds is 7. The highest BCUT2D eigenvalue weighted by Crippen LogP contribution is 2.22. The first-order valence-electron chi connectivity index (χ1n) is 9.59. The van der Waals surface area contributed by atoms with Crippen LogP contribution in [-0.4, -0.2) is 48.2 Å². The van der Waals surface area contributed by atoms with Crippen LogP contribution in [0.5, 0.6) is 0 Å². The maximum absolute atomic E-state index is 12.3. The molecule has 1 aromatic carbocycles. The minimum Gasteiger partial charge on any atom is -0.469 e. The summed E-state index contributed by atoms with van der Waals surface area (Å²) >= 11 is 0. The third-order valence-corrected chi connectivity index (χ3v) is 5.31. The molecule has 2 heterocycles. The van der Waals surface area contributed by atoms with Gasteiger partial charge in [-0.2, -0.15) is 0 Å². The number of benzene rings is 1. The van der Waals surface area contributed by atoms with Gasteiger partial charge in [0.25, 0.3) is 5.91 Å². The van der Waals surface area contributed by atoms with E-state index in [0.29, 0.717) is 5.56 Å². The molecule has 0 aliphatic carbocycles. The van der Waals surface area contributed by atoms with Crippen LogP contribution in [0.15, 0.2) is 18.2 Å². The van der Waals surface area contributed by atoms with E-state index in [4.69, 9.17) is 4.98 Å². The zero-order chi connectivity index (χ0) is 19.2. The Hall–Kier alpha value is -2.41. The summed E-state index contributed by atoms with van der Waals surface area (Å²) in [6.45, 7) is 2.49. The zero-order valence-electron chi connectivity index (χ0n) is 16.1. The summed E-state index contributed by atoms with van der Waals surface area (Å²) < 4.78 is 6.66. The molecule has 27 heavy (non-hydrogen) atoms. The monoisotopic (exact) mass is 372 g/mol. The number of carbonyl (C=O) groups excluding carboxylic acids is 2. The van der Waals surface area contributed by atoms with Crippen LogP contribution in [0.2, 0.25) is 0 Å². The molecule has 0 saturated carbocycles. The second-order valence-corrected chi connectivity index (χ2v) is 7.10. The number of fused-ring (bicyclic) bond motifs is 1. The first-order chi connectivity index (χ1) is 13.1. The predicted octanol–water partition coefficient (Wildman–Crippen LogP) is 1.80. The summed E-state index contributed by atoms with van der Waals surface area (Å²) in [4.78, 5) is 28.2. The molecule has 3 rings (SSSR count). The normalized spacial score (nSPS) is 15.0. The molecule has 0 radical (unpaired) electrons. The third kappa shape index (κ3) is 4.86. The molecule has 1 fully saturated rings. The van der Waals surface area contributed by atoms with Crippen molar-refractivity contribution in [2.24, 2.45) is 13.0 Å². The zero-order valence-corrected chi connectivity index (χ0v) is 16.1. The molecule has 7 nitrogen and oxygen atoms in total. The van der Waals surface area contributed by atoms with E-state index in [1.165, 1.54) is 20.0 Å². The number of nitrogens with zero attached hydrogens (tertiary/aromatic N) is 2. The lowest BCUT2D eigenvalue weighted by Gasteiger charge is -2.22. The smallest absolute Gasteiger partial charge is 0.307 e. The Bertz CT molecular complexity index is 809. The lowest BCUT2D eigenvalue weighted by molar-refractivity contribution is -0.140. The highest BCUT2D eigenvalue weighted by molar-refractivity contribution is 5.97. The standard InChI is InChI=1S/C20H28N4O3/c1-24-17-13-15(20(26)22-12-9-19(25)27-2)4-5-16(17)23-18(24)6-3-14-7-10-21-11-8-14/h4-5,13-14,21H,3,6-12H2,1-2H3,(H,22,26). The molecule has 0 unspecified atom stereocenters. The predicted molar refractivity (Wildman–Crippen MR) is 104 cm³/mol. The second kappa shape index (κ2) is 8.99. The molecule has 1 aliphatic rings. The fraction of sp³-hybridized carbons (Fsp3) is 0.550. The second-order valence-electron chi connectivity index (χ2n) is 7.10. The Balaban J connectivity index is 1.65. The number of imidazole rings is 1. The van der Waals surface area contributed by atoms with Crippen LogP contribution >= 0.6 is 0 Å². The maximum Gasteiger partial charge on any atom is 0.307 e. The number of nitrogens with one attached hydrogen (secondary N) is 2. The Labute approximate surface area is 159 Å². The summed E-state index contributed by atoms with van der Waals surface area (Å²) in [7, 11) is 3.34. The van der Waals surface area contributed by atoms with E-state index >= 15 is 0 Å². The van der Waals surface area contributed by atoms with E-state index in [1.807, 2.05) is 19.2 Å². The van der Waals surface area contributed by atoms with Crippen molar-refractivity contribution >= 4 is 22.9 Å². The average Bonchev–Trinajstić information content (AvgIpc) is 3.02. The van der Waals surface area contributed by atoms with Gasteiger partial charge in [0.15, 0.2) is 0 Å². The highest BCUT2D eigenvalue weighted by atomic mass is 16.5. The largest absolute Gasteiger partial charge is 0.469 e. The van der Waals surface area contributed by atoms with Crippen LogP contribution in [0, 0.1) is 5.92 Å². The maximum atomic E-state index is 12.3. The lowest BCUT2D eigenvalue weighted by Crippen LogP contribution is -2.28. The van der Waals surface area contributed by atoms with Crippen molar-refractivity contribution < 1.29 is 14.3 Å². The fourth-order valence-corrected chi connectivity index (χ4v) is 3.59. The van der Waals surface area contributed by atoms with Crippen molar-refractivity contribution in [2.75, 3.05) is 26.7 Å². The number of aromatic nitrogens is 2. The van der Waals surface area contributed by atoms with E-state index in [2.05, 4.69) is 19.9 Å². The SMILES string of the molecule is COC(=O)CCNC(=O)c1ccc2nc(CCC3CCNCC3)n(C)c2c1. The summed E-state index contributed by atoms with van der Waals surface area (Å²) in [6, 6.07) is 5.53. The molecule has 146 valence electrons. The number of methoxy groups -OCH3 is 1. The first kappa shape index (κ1) is 19.4. The van der Waals surface area contributed by atoms with Crippen LogP contribution in [0.4, 0.5) is 0 Å². The van der Waals surface area contributed by atoms with Gasteiger partial charge in [-0.1, -0.05) is 0 Å². The van der Waals surface area contributed by atoms with Gasteiger partial charge in [0.1, 0.15) is 5.82 Å². The van der Waals surface area contributed by atoms with E-state index < -0.39 is 0 Å². The van der Waals surface area contributed by atoms with Gasteiger partial charge in [-0.15, -0.1) is 0 Å². The Morgan fingerprint density at radius 1 is 1.33 bits per heavy atom. The number of amides is 1. The summed E-state index contributed by atoms with van der Waals surface area (Å²) in [5, 5.41) is 6.15. The van der Waals surface area contributed by atoms with Crippen molar-refractivity contribution in [2.45, 2.75) is 32.1 Å². The van der Waals surface area contributed by atoms with Gasteiger partial charge >= 0.3 is 5.97 Å². The van der Waals surface area contributed by atoms with Crippen LogP contribution in [0.25, 0.3) is 11.0 Å². The summed E-state index contributed by atoms with van der Waals surface area (Å²) in [5.74, 6) is 1.29. The number of carbonyl (C=O) groups is 2. The van der Waals surface area contributed by atoms with E-state index in [0.717, 1.165) is 48.7 Å². The van der Waals surface area contributed by atoms with E-state index in [9.17, 15) is 9.59 Å². The molecule has 1 aliphatic heterocycles. The van der Waals surface area contributed by atoms with Gasteiger partial charge in [-0.05, 0) is 56.5 Å². The minimum atomic E-state index is -0.337. The first-order valence-corrected chi connectivity index (χ1v) is 9.59. The highest BCUT2D eigenvalue weighted by Gasteiger charge is 2.16. The Morgan fingerprint density at radius 2 is 2.11 bits per heavy atom. The van der Waals surface area contributed by atoms with E-state index in [1.54, 1.807) is 6.07 Å². The average molecular weight is 372 g/mol. The molecule has 0 atom stereocenters. The Morgan fingerprint density at radius 3 is 2.85 bits per heavy atom. The van der Waals surface area contributed by atoms with Crippen LogP contribution in [-0.2, 0) is 23.0 Å². The topological polar surface area (TPSA) is 85.2 Å². The van der Waals surface area contributed by atoms with Crippen LogP contribution in [0.3, 0.4) is 0 Å². The molecular formula is C20H28N4O3. The number of hydrogen-bond donors (Lipinski definition) is 2. The molecule has 0 bridgehead atoms. The number of ether oxygens (including phenoxy) is 1. The molecule has 1 aromatic heterocycles. The number of esters is 1. The molecule has 2 N–H and O–H groups in total. The van der Waals surface area contributed by atoms with Crippen LogP contribution < -0.4 is 10.6 Å². The molecule has 1 amide bonds. The van der Waals surface area contributed by atoms with Crippen molar-refractivity contribution in [3.63, 3.8) is 0 Å². The van der Waals surface area contributed by atoms with Crippen molar-refractivity contribution in [3.05, 3.63) is 29.6 Å². The summed E-state index contributed by atoms with van der Waals surface area (Å²) in [5.41, 5.74) is 2.43. The minimum absolute atomic E-state index is 0.164. The molecule has 1 saturated heterocycles. The molecular weight excluding hydrogens is 344 g/mol. The number of aryl methyl sites for hydroxylation is 2. The van der Waals surface area contributed by atoms with Crippen molar-refractivity contribution in [1.29, 1.82) is 0 Å². The van der Waals surface area contributed by atoms with Crippen molar-refractivity contribution in [3.8, 4) is 0 Å². The number of piperidine rings is 1. The van der Waals surface area contributed by atoms with Gasteiger partial charge in [-0.3, -0.25) is 9.59 Å². The summed E-state index contributed by atoms with van der Waals surface area (Å²) in [6.07, 6.45) is 4.74. The molecule has 2 aromatic rings. The van der Waals surface area contributed by atoms with Gasteiger partial charge in [0, 0.05) is 25.6 Å². The van der Waals surface area contributed by atoms with Gasteiger partial charge in [-0.25, -0.2) is 4.98 Å².